The van der Waals surface area contributed by atoms with Gasteiger partial charge in [-0.25, -0.2) is 0 Å². The third kappa shape index (κ3) is 13.2. The number of likely N-dealkylation sites (N-methyl/N-ethyl adjacent to an activating group) is 1. The van der Waals surface area contributed by atoms with E-state index in [1.165, 1.54) is 38.5 Å². The number of unbranched alkanes of at least 4 members (excludes halogenated alkanes) is 7. The quantitative estimate of drug-likeness (QED) is 0.288. The third-order valence-electron chi connectivity index (χ3n) is 3.37. The van der Waals surface area contributed by atoms with E-state index in [-0.39, 0.29) is 35.6 Å². The Labute approximate surface area is 150 Å². The van der Waals surface area contributed by atoms with E-state index in [9.17, 15) is 9.59 Å². The number of nitrogens with zero attached hydrogens (tertiary/aromatic N) is 1. The standard InChI is InChI=1S/C15H28NO4.Na/c1-3-4-5-6-7-8-9-10-11-16(2)13(15(19)20)12-14(17)18;/h3-12H2,1-2H3,(H,17,18)(H,19,20);/q-1;+1. The van der Waals surface area contributed by atoms with E-state index in [0.717, 1.165) is 12.8 Å². The van der Waals surface area contributed by atoms with Crippen molar-refractivity contribution in [2.45, 2.75) is 64.7 Å². The topological polar surface area (TPSA) is 77.8 Å². The van der Waals surface area contributed by atoms with E-state index in [4.69, 9.17) is 10.2 Å². The van der Waals surface area contributed by atoms with E-state index in [2.05, 4.69) is 6.92 Å². The summed E-state index contributed by atoms with van der Waals surface area (Å²) in [7, 11) is 1.65. The Hall–Kier alpha value is -0.230. The van der Waals surface area contributed by atoms with Crippen LogP contribution in [0.5, 0.6) is 0 Å². The molecule has 0 rings (SSSR count). The average molecular weight is 309 g/mol. The molecule has 0 atom stereocenters. The van der Waals surface area contributed by atoms with Gasteiger partial charge in [-0.2, -0.15) is 6.04 Å². The fourth-order valence-electron chi connectivity index (χ4n) is 2.13. The molecule has 0 aliphatic carbocycles. The first-order valence-corrected chi connectivity index (χ1v) is 7.51. The molecule has 0 heterocycles. The van der Waals surface area contributed by atoms with Gasteiger partial charge < -0.3 is 15.1 Å². The molecule has 0 saturated heterocycles. The summed E-state index contributed by atoms with van der Waals surface area (Å²) in [5.41, 5.74) is 0. The maximum Gasteiger partial charge on any atom is 1.00 e. The van der Waals surface area contributed by atoms with Crippen molar-refractivity contribution in [2.75, 3.05) is 13.6 Å². The van der Waals surface area contributed by atoms with Gasteiger partial charge in [0.25, 0.3) is 5.97 Å². The zero-order chi connectivity index (χ0) is 15.4. The summed E-state index contributed by atoms with van der Waals surface area (Å²) in [5.74, 6) is -2.25. The minimum Gasteiger partial charge on any atom is -0.502 e. The third-order valence-corrected chi connectivity index (χ3v) is 3.37. The molecule has 5 nitrogen and oxygen atoms in total. The van der Waals surface area contributed by atoms with Crippen molar-refractivity contribution in [1.29, 1.82) is 0 Å². The number of aliphatic carboxylic acids is 2. The number of hydrogen-bond acceptors (Lipinski definition) is 3. The number of carboxylic acid groups (broad SMARTS) is 2. The maximum absolute atomic E-state index is 11.0. The Morgan fingerprint density at radius 3 is 1.86 bits per heavy atom. The van der Waals surface area contributed by atoms with Crippen molar-refractivity contribution < 1.29 is 49.4 Å². The normalized spacial score (nSPS) is 10.2. The first-order chi connectivity index (χ1) is 9.49. The Morgan fingerprint density at radius 1 is 0.952 bits per heavy atom. The Kier molecular flexibility index (Phi) is 16.1. The fourth-order valence-corrected chi connectivity index (χ4v) is 2.13. The molecule has 0 saturated carbocycles. The van der Waals surface area contributed by atoms with Crippen LogP contribution in [-0.2, 0) is 9.59 Å². The molecule has 0 aromatic rings. The molecule has 0 fully saturated rings. The average Bonchev–Trinajstić information content (AvgIpc) is 2.38. The molecular formula is C15H28NNaO4. The van der Waals surface area contributed by atoms with Crippen LogP contribution in [0.3, 0.4) is 0 Å². The summed E-state index contributed by atoms with van der Waals surface area (Å²) in [6, 6.07) is -0.0413. The largest absolute Gasteiger partial charge is 1.00 e. The zero-order valence-corrected chi connectivity index (χ0v) is 15.7. The molecule has 0 amide bonds. The number of rotatable bonds is 13. The van der Waals surface area contributed by atoms with Gasteiger partial charge in [0.15, 0.2) is 5.97 Å². The van der Waals surface area contributed by atoms with Crippen molar-refractivity contribution in [3.05, 3.63) is 6.04 Å². The van der Waals surface area contributed by atoms with E-state index < -0.39 is 18.4 Å². The maximum atomic E-state index is 11.0. The van der Waals surface area contributed by atoms with E-state index in [0.29, 0.717) is 6.54 Å². The molecule has 0 aromatic carbocycles. The van der Waals surface area contributed by atoms with Crippen molar-refractivity contribution in [2.24, 2.45) is 0 Å². The molecule has 0 radical (unpaired) electrons. The van der Waals surface area contributed by atoms with Crippen molar-refractivity contribution >= 4 is 11.9 Å². The van der Waals surface area contributed by atoms with Crippen LogP contribution in [0.15, 0.2) is 0 Å². The molecule has 6 heteroatoms. The Balaban J connectivity index is 0. The van der Waals surface area contributed by atoms with Crippen LogP contribution in [-0.4, -0.2) is 40.6 Å². The predicted molar refractivity (Wildman–Crippen MR) is 78.4 cm³/mol. The summed E-state index contributed by atoms with van der Waals surface area (Å²) >= 11 is 0. The Bertz CT molecular complexity index is 287. The predicted octanol–water partition coefficient (Wildman–Crippen LogP) is 0.154. The number of carbonyl (C=O) groups is 2. The van der Waals surface area contributed by atoms with E-state index in [1.807, 2.05) is 0 Å². The minimum absolute atomic E-state index is 0. The summed E-state index contributed by atoms with van der Waals surface area (Å²) in [4.78, 5) is 23.1. The van der Waals surface area contributed by atoms with Crippen molar-refractivity contribution in [3.8, 4) is 0 Å². The number of carboxylic acids is 2. The smallest absolute Gasteiger partial charge is 0.502 e. The summed E-state index contributed by atoms with van der Waals surface area (Å²) in [6.45, 7) is 2.80. The second-order valence-electron chi connectivity index (χ2n) is 5.22. The second kappa shape index (κ2) is 14.7. The van der Waals surface area contributed by atoms with Gasteiger partial charge in [-0.3, -0.25) is 9.59 Å². The minimum atomic E-state index is -1.14. The molecule has 21 heavy (non-hydrogen) atoms. The SMILES string of the molecule is CCCCCCCCCCN(C)[C-](CC(=O)O)C(=O)O.[Na+]. The van der Waals surface area contributed by atoms with Crippen LogP contribution in [0.4, 0.5) is 0 Å². The molecule has 2 N–H and O–H groups in total. The molecule has 0 aliphatic heterocycles. The van der Waals surface area contributed by atoms with Crippen LogP contribution in [0.2, 0.25) is 0 Å². The zero-order valence-electron chi connectivity index (χ0n) is 13.7. The van der Waals surface area contributed by atoms with Gasteiger partial charge in [0.05, 0.1) is 0 Å². The van der Waals surface area contributed by atoms with Gasteiger partial charge in [-0.1, -0.05) is 51.9 Å². The molecule has 0 aliphatic rings. The Morgan fingerprint density at radius 2 is 1.43 bits per heavy atom. The molecule has 0 bridgehead atoms. The van der Waals surface area contributed by atoms with Crippen LogP contribution < -0.4 is 29.6 Å². The van der Waals surface area contributed by atoms with Crippen LogP contribution >= 0.6 is 0 Å². The molecule has 0 spiro atoms. The van der Waals surface area contributed by atoms with Crippen LogP contribution in [0, 0.1) is 6.04 Å². The summed E-state index contributed by atoms with van der Waals surface area (Å²) < 4.78 is 0. The fraction of sp³-hybridized carbons (Fsp3) is 0.800. The molecule has 0 aromatic heterocycles. The van der Waals surface area contributed by atoms with Crippen LogP contribution in [0.1, 0.15) is 64.7 Å². The molecular weight excluding hydrogens is 281 g/mol. The first kappa shape index (κ1) is 23.0. The molecule has 0 unspecified atom stereocenters. The van der Waals surface area contributed by atoms with Crippen LogP contribution in [0.25, 0.3) is 0 Å². The monoisotopic (exact) mass is 309 g/mol. The van der Waals surface area contributed by atoms with Gasteiger partial charge >= 0.3 is 29.6 Å². The van der Waals surface area contributed by atoms with Gasteiger partial charge in [-0.05, 0) is 26.4 Å². The molecule has 118 valence electrons. The van der Waals surface area contributed by atoms with Gasteiger partial charge in [0.2, 0.25) is 0 Å². The van der Waals surface area contributed by atoms with Gasteiger partial charge in [-0.15, -0.1) is 0 Å². The van der Waals surface area contributed by atoms with E-state index in [1.54, 1.807) is 11.9 Å². The second-order valence-corrected chi connectivity index (χ2v) is 5.22. The number of hydrogen-bond donors (Lipinski definition) is 2. The van der Waals surface area contributed by atoms with Crippen molar-refractivity contribution in [1.82, 2.24) is 4.90 Å². The van der Waals surface area contributed by atoms with Crippen molar-refractivity contribution in [3.63, 3.8) is 0 Å². The van der Waals surface area contributed by atoms with Gasteiger partial charge in [0, 0.05) is 0 Å². The van der Waals surface area contributed by atoms with E-state index >= 15 is 0 Å². The summed E-state index contributed by atoms with van der Waals surface area (Å²) in [5, 5.41) is 17.7. The van der Waals surface area contributed by atoms with Gasteiger partial charge in [0.1, 0.15) is 0 Å². The summed E-state index contributed by atoms with van der Waals surface area (Å²) in [6.07, 6.45) is 9.06. The first-order valence-electron chi connectivity index (χ1n) is 7.51.